The highest BCUT2D eigenvalue weighted by Crippen LogP contribution is 2.37. The molecule has 0 atom stereocenters. The first-order valence-corrected chi connectivity index (χ1v) is 8.75. The van der Waals surface area contributed by atoms with Gasteiger partial charge in [-0.25, -0.2) is 0 Å². The van der Waals surface area contributed by atoms with Crippen LogP contribution in [0.3, 0.4) is 0 Å². The Labute approximate surface area is 167 Å². The molecule has 2 N–H and O–H groups in total. The van der Waals surface area contributed by atoms with Crippen LogP contribution in [0.5, 0.6) is 11.5 Å². The Balaban J connectivity index is 2.04. The summed E-state index contributed by atoms with van der Waals surface area (Å²) in [6.45, 7) is 1.55. The highest BCUT2D eigenvalue weighted by molar-refractivity contribution is 9.10. The number of ether oxygens (including phenoxy) is 2. The van der Waals surface area contributed by atoms with Gasteiger partial charge in [0, 0.05) is 6.07 Å². The summed E-state index contributed by atoms with van der Waals surface area (Å²) in [6.07, 6.45) is -4.56. The van der Waals surface area contributed by atoms with Gasteiger partial charge in [0.2, 0.25) is 0 Å². The van der Waals surface area contributed by atoms with E-state index >= 15 is 0 Å². The van der Waals surface area contributed by atoms with Crippen LogP contribution in [0.1, 0.15) is 18.1 Å². The molecular formula is C18H15BrF3N3O3. The summed E-state index contributed by atoms with van der Waals surface area (Å²) in [6, 6.07) is 9.66. The fourth-order valence-electron chi connectivity index (χ4n) is 2.19. The number of halogens is 4. The number of hydrazine groups is 1. The zero-order valence-corrected chi connectivity index (χ0v) is 16.1. The first kappa shape index (κ1) is 21.4. The summed E-state index contributed by atoms with van der Waals surface area (Å²) in [5, 5.41) is 9.00. The lowest BCUT2D eigenvalue weighted by Crippen LogP contribution is -2.34. The quantitative estimate of drug-likeness (QED) is 0.606. The van der Waals surface area contributed by atoms with Gasteiger partial charge in [-0.1, -0.05) is 12.1 Å². The molecule has 28 heavy (non-hydrogen) atoms. The fraction of sp³-hybridized carbons (Fsp3) is 0.222. The summed E-state index contributed by atoms with van der Waals surface area (Å²) in [5.41, 5.74) is 3.52. The minimum absolute atomic E-state index is 0.201. The Hall–Kier alpha value is -2.93. The van der Waals surface area contributed by atoms with Crippen molar-refractivity contribution in [2.24, 2.45) is 0 Å². The van der Waals surface area contributed by atoms with Crippen molar-refractivity contribution in [3.05, 3.63) is 52.0 Å². The maximum Gasteiger partial charge on any atom is 0.418 e. The molecule has 1 amide bonds. The molecule has 148 valence electrons. The second-order valence-corrected chi connectivity index (χ2v) is 6.19. The molecule has 0 saturated carbocycles. The van der Waals surface area contributed by atoms with E-state index in [1.165, 1.54) is 30.3 Å². The molecule has 0 heterocycles. The van der Waals surface area contributed by atoms with Crippen molar-refractivity contribution in [2.45, 2.75) is 13.1 Å². The molecule has 2 rings (SSSR count). The van der Waals surface area contributed by atoms with E-state index in [2.05, 4.69) is 26.8 Å². The number of anilines is 1. The van der Waals surface area contributed by atoms with Gasteiger partial charge in [0.1, 0.15) is 0 Å². The van der Waals surface area contributed by atoms with E-state index in [0.29, 0.717) is 16.6 Å². The van der Waals surface area contributed by atoms with Crippen LogP contribution in [-0.2, 0) is 11.0 Å². The summed E-state index contributed by atoms with van der Waals surface area (Å²) in [7, 11) is 0. The summed E-state index contributed by atoms with van der Waals surface area (Å²) < 4.78 is 50.0. The van der Waals surface area contributed by atoms with Crippen LogP contribution in [0.15, 0.2) is 40.9 Å². The van der Waals surface area contributed by atoms with E-state index in [0.717, 1.165) is 6.07 Å². The number of nitrogens with zero attached hydrogens (tertiary/aromatic N) is 1. The van der Waals surface area contributed by atoms with Gasteiger partial charge in [0.25, 0.3) is 5.91 Å². The lowest BCUT2D eigenvalue weighted by Gasteiger charge is -2.16. The van der Waals surface area contributed by atoms with Crippen LogP contribution in [-0.4, -0.2) is 19.1 Å². The Bertz CT molecular complexity index is 898. The Kier molecular flexibility index (Phi) is 7.12. The second-order valence-electron chi connectivity index (χ2n) is 5.34. The molecule has 0 aliphatic rings. The van der Waals surface area contributed by atoms with Crippen LogP contribution in [0.2, 0.25) is 0 Å². The Morgan fingerprint density at radius 2 is 1.96 bits per heavy atom. The second kappa shape index (κ2) is 9.32. The molecule has 6 nitrogen and oxygen atoms in total. The van der Waals surface area contributed by atoms with Crippen molar-refractivity contribution < 1.29 is 27.4 Å². The van der Waals surface area contributed by atoms with E-state index in [9.17, 15) is 18.0 Å². The first-order chi connectivity index (χ1) is 13.3. The van der Waals surface area contributed by atoms with E-state index in [-0.39, 0.29) is 17.2 Å². The largest absolute Gasteiger partial charge is 0.490 e. The lowest BCUT2D eigenvalue weighted by molar-refractivity contribution is -0.137. The molecule has 2 aromatic rings. The smallest absolute Gasteiger partial charge is 0.418 e. The molecule has 0 aromatic heterocycles. The van der Waals surface area contributed by atoms with Crippen LogP contribution < -0.4 is 20.3 Å². The average molecular weight is 458 g/mol. The van der Waals surface area contributed by atoms with E-state index in [1.54, 1.807) is 6.92 Å². The SMILES string of the molecule is CCOc1cc(C#N)cc(Br)c1OCC(=O)NNc1ccccc1C(F)(F)F. The average Bonchev–Trinajstić information content (AvgIpc) is 2.65. The van der Waals surface area contributed by atoms with E-state index < -0.39 is 24.3 Å². The third-order valence-corrected chi connectivity index (χ3v) is 3.94. The van der Waals surface area contributed by atoms with Crippen molar-refractivity contribution >= 4 is 27.5 Å². The number of nitriles is 1. The molecule has 0 radical (unpaired) electrons. The number of amides is 1. The molecule has 0 saturated heterocycles. The predicted octanol–water partition coefficient (Wildman–Crippen LogP) is 4.26. The topological polar surface area (TPSA) is 83.4 Å². The molecule has 0 aliphatic heterocycles. The standard InChI is InChI=1S/C18H15BrF3N3O3/c1-2-27-15-8-11(9-23)7-13(19)17(15)28-10-16(26)25-24-14-6-4-3-5-12(14)18(20,21)22/h3-8,24H,2,10H2,1H3,(H,25,26). The maximum atomic E-state index is 12.9. The number of hydrogen-bond donors (Lipinski definition) is 2. The number of benzene rings is 2. The number of para-hydroxylation sites is 1. The highest BCUT2D eigenvalue weighted by Gasteiger charge is 2.33. The number of nitrogens with one attached hydrogen (secondary N) is 2. The third kappa shape index (κ3) is 5.53. The van der Waals surface area contributed by atoms with Gasteiger partial charge >= 0.3 is 6.18 Å². The summed E-state index contributed by atoms with van der Waals surface area (Å²) in [4.78, 5) is 12.0. The normalized spacial score (nSPS) is 10.7. The minimum Gasteiger partial charge on any atom is -0.490 e. The maximum absolute atomic E-state index is 12.9. The molecule has 0 unspecified atom stereocenters. The van der Waals surface area contributed by atoms with Crippen molar-refractivity contribution in [3.8, 4) is 17.6 Å². The third-order valence-electron chi connectivity index (χ3n) is 3.36. The monoisotopic (exact) mass is 457 g/mol. The molecule has 0 bridgehead atoms. The number of carbonyl (C=O) groups excluding carboxylic acids is 1. The number of carbonyl (C=O) groups is 1. The first-order valence-electron chi connectivity index (χ1n) is 7.96. The number of hydrogen-bond acceptors (Lipinski definition) is 5. The van der Waals surface area contributed by atoms with Crippen LogP contribution in [0, 0.1) is 11.3 Å². The van der Waals surface area contributed by atoms with Crippen LogP contribution in [0.4, 0.5) is 18.9 Å². The number of alkyl halides is 3. The lowest BCUT2D eigenvalue weighted by atomic mass is 10.2. The summed E-state index contributed by atoms with van der Waals surface area (Å²) >= 11 is 3.24. The van der Waals surface area contributed by atoms with Crippen LogP contribution >= 0.6 is 15.9 Å². The molecule has 10 heteroatoms. The minimum atomic E-state index is -4.56. The zero-order valence-electron chi connectivity index (χ0n) is 14.6. The summed E-state index contributed by atoms with van der Waals surface area (Å²) in [5.74, 6) is -0.251. The number of rotatable bonds is 7. The zero-order chi connectivity index (χ0) is 20.7. The van der Waals surface area contributed by atoms with Crippen molar-refractivity contribution in [2.75, 3.05) is 18.6 Å². The van der Waals surface area contributed by atoms with Crippen LogP contribution in [0.25, 0.3) is 0 Å². The highest BCUT2D eigenvalue weighted by atomic mass is 79.9. The molecule has 0 fully saturated rings. The Morgan fingerprint density at radius 3 is 2.61 bits per heavy atom. The van der Waals surface area contributed by atoms with E-state index in [1.807, 2.05) is 6.07 Å². The fourth-order valence-corrected chi connectivity index (χ4v) is 2.74. The molecule has 0 spiro atoms. The Morgan fingerprint density at radius 1 is 1.25 bits per heavy atom. The van der Waals surface area contributed by atoms with Crippen molar-refractivity contribution in [3.63, 3.8) is 0 Å². The van der Waals surface area contributed by atoms with E-state index in [4.69, 9.17) is 14.7 Å². The molecule has 2 aromatic carbocycles. The van der Waals surface area contributed by atoms with Gasteiger partial charge in [-0.05, 0) is 41.1 Å². The van der Waals surface area contributed by atoms with Gasteiger partial charge < -0.3 is 9.47 Å². The van der Waals surface area contributed by atoms with Gasteiger partial charge in [-0.2, -0.15) is 18.4 Å². The van der Waals surface area contributed by atoms with Gasteiger partial charge in [0.15, 0.2) is 18.1 Å². The van der Waals surface area contributed by atoms with Gasteiger partial charge in [0.05, 0.1) is 34.0 Å². The van der Waals surface area contributed by atoms with Gasteiger partial charge in [-0.15, -0.1) is 0 Å². The molecule has 0 aliphatic carbocycles. The predicted molar refractivity (Wildman–Crippen MR) is 98.7 cm³/mol. The van der Waals surface area contributed by atoms with Crippen molar-refractivity contribution in [1.82, 2.24) is 5.43 Å². The van der Waals surface area contributed by atoms with Crippen molar-refractivity contribution in [1.29, 1.82) is 5.26 Å². The molecular weight excluding hydrogens is 443 g/mol. The van der Waals surface area contributed by atoms with Gasteiger partial charge in [-0.3, -0.25) is 15.6 Å².